The van der Waals surface area contributed by atoms with E-state index in [9.17, 15) is 14.0 Å². The molecule has 0 saturated carbocycles. The van der Waals surface area contributed by atoms with Crippen LogP contribution in [-0.4, -0.2) is 64.8 Å². The van der Waals surface area contributed by atoms with E-state index in [0.29, 0.717) is 36.3 Å². The van der Waals surface area contributed by atoms with Crippen molar-refractivity contribution < 1.29 is 18.7 Å². The number of likely N-dealkylation sites (tertiary alicyclic amines) is 1. The van der Waals surface area contributed by atoms with Gasteiger partial charge in [0, 0.05) is 32.3 Å². The van der Waals surface area contributed by atoms with E-state index in [4.69, 9.17) is 10.5 Å². The number of nitrogens with zero attached hydrogens (tertiary/aromatic N) is 4. The van der Waals surface area contributed by atoms with Gasteiger partial charge in [-0.3, -0.25) is 14.6 Å². The van der Waals surface area contributed by atoms with E-state index in [1.807, 2.05) is 13.0 Å². The summed E-state index contributed by atoms with van der Waals surface area (Å²) in [7, 11) is 3.21. The summed E-state index contributed by atoms with van der Waals surface area (Å²) in [6.45, 7) is 6.14. The summed E-state index contributed by atoms with van der Waals surface area (Å²) in [5, 5.41) is 8.20. The molecule has 1 fully saturated rings. The fourth-order valence-corrected chi connectivity index (χ4v) is 4.55. The van der Waals surface area contributed by atoms with E-state index in [1.165, 1.54) is 12.1 Å². The van der Waals surface area contributed by atoms with Crippen LogP contribution in [0, 0.1) is 24.6 Å². The quantitative estimate of drug-likeness (QED) is 0.405. The zero-order valence-corrected chi connectivity index (χ0v) is 20.3. The lowest BCUT2D eigenvalue weighted by atomic mass is 10.1. The van der Waals surface area contributed by atoms with Crippen LogP contribution in [-0.2, 0) is 9.53 Å². The van der Waals surface area contributed by atoms with Crippen molar-refractivity contribution in [3.05, 3.63) is 65.3 Å². The highest BCUT2D eigenvalue weighted by Crippen LogP contribution is 2.32. The van der Waals surface area contributed by atoms with Gasteiger partial charge in [0.15, 0.2) is 5.69 Å². The molecule has 0 spiro atoms. The zero-order valence-electron chi connectivity index (χ0n) is 20.3. The van der Waals surface area contributed by atoms with Gasteiger partial charge >= 0.3 is 0 Å². The number of aromatic nitrogens is 3. The Morgan fingerprint density at radius 2 is 2.14 bits per heavy atom. The third-order valence-electron chi connectivity index (χ3n) is 6.17. The van der Waals surface area contributed by atoms with E-state index in [-0.39, 0.29) is 34.8 Å². The van der Waals surface area contributed by atoms with E-state index < -0.39 is 11.7 Å². The molecule has 36 heavy (non-hydrogen) atoms. The molecule has 2 amide bonds. The summed E-state index contributed by atoms with van der Waals surface area (Å²) in [5.41, 5.74) is 7.53. The third-order valence-corrected chi connectivity index (χ3v) is 6.17. The predicted octanol–water partition coefficient (Wildman–Crippen LogP) is 2.39. The molecule has 0 unspecified atom stereocenters. The summed E-state index contributed by atoms with van der Waals surface area (Å²) in [6.07, 6.45) is 3.49. The van der Waals surface area contributed by atoms with Crippen molar-refractivity contribution in [1.29, 1.82) is 0 Å². The Kier molecular flexibility index (Phi) is 7.03. The zero-order chi connectivity index (χ0) is 26.0. The van der Waals surface area contributed by atoms with Gasteiger partial charge in [-0.25, -0.2) is 9.07 Å². The van der Waals surface area contributed by atoms with Crippen LogP contribution >= 0.6 is 0 Å². The average Bonchev–Trinajstić information content (AvgIpc) is 3.43. The number of ether oxygens (including phenoxy) is 1. The number of primary amides is 1. The van der Waals surface area contributed by atoms with Crippen LogP contribution in [0.25, 0.3) is 10.9 Å². The highest BCUT2D eigenvalue weighted by atomic mass is 19.1. The van der Waals surface area contributed by atoms with E-state index >= 15 is 0 Å². The van der Waals surface area contributed by atoms with Crippen LogP contribution in [0.2, 0.25) is 0 Å². The molecule has 1 saturated heterocycles. The first-order valence-electron chi connectivity index (χ1n) is 11.4. The lowest BCUT2D eigenvalue weighted by Crippen LogP contribution is -2.37. The van der Waals surface area contributed by atoms with Crippen molar-refractivity contribution in [3.63, 3.8) is 0 Å². The Bertz CT molecular complexity index is 1420. The van der Waals surface area contributed by atoms with Crippen LogP contribution in [0.4, 0.5) is 10.2 Å². The van der Waals surface area contributed by atoms with Crippen molar-refractivity contribution in [2.75, 3.05) is 32.6 Å². The lowest BCUT2D eigenvalue weighted by molar-refractivity contribution is -0.127. The van der Waals surface area contributed by atoms with Crippen LogP contribution in [0.3, 0.4) is 0 Å². The number of hydrogen-bond donors (Lipinski definition) is 2. The molecule has 0 bridgehead atoms. The molecule has 0 radical (unpaired) electrons. The normalized spacial score (nSPS) is 17.1. The summed E-state index contributed by atoms with van der Waals surface area (Å²) < 4.78 is 21.7. The highest BCUT2D eigenvalue weighted by molar-refractivity contribution is 6.00. The number of halogens is 1. The Labute approximate surface area is 208 Å². The molecule has 9 nitrogen and oxygen atoms in total. The molecule has 1 aromatic carbocycles. The molecule has 1 aliphatic rings. The molecule has 186 valence electrons. The van der Waals surface area contributed by atoms with Crippen LogP contribution in [0.5, 0.6) is 0 Å². The molecule has 0 aliphatic carbocycles. The molecular weight excluding hydrogens is 463 g/mol. The summed E-state index contributed by atoms with van der Waals surface area (Å²) >= 11 is 0. The Hall–Kier alpha value is -4.23. The first kappa shape index (κ1) is 24.9. The van der Waals surface area contributed by atoms with Gasteiger partial charge in [-0.05, 0) is 49.1 Å². The van der Waals surface area contributed by atoms with Gasteiger partial charge < -0.3 is 20.7 Å². The van der Waals surface area contributed by atoms with Gasteiger partial charge in [-0.1, -0.05) is 12.5 Å². The maximum Gasteiger partial charge on any atom is 0.255 e. The number of nitrogens with two attached hydrogens (primary N) is 1. The minimum Gasteiger partial charge on any atom is -0.383 e. The molecule has 3 N–H and O–H groups in total. The number of aryl methyl sites for hydroxylation is 1. The number of amides is 2. The second-order valence-corrected chi connectivity index (χ2v) is 8.61. The minimum atomic E-state index is -0.725. The van der Waals surface area contributed by atoms with Gasteiger partial charge in [0.25, 0.3) is 5.91 Å². The molecule has 3 heterocycles. The van der Waals surface area contributed by atoms with Crippen LogP contribution in [0.1, 0.15) is 39.6 Å². The third kappa shape index (κ3) is 4.65. The maximum atomic E-state index is 14.8. The molecule has 10 heteroatoms. The minimum absolute atomic E-state index is 0.0942. The number of pyridine rings is 1. The number of carbonyl (C=O) groups is 2. The number of hydrogen-bond acceptors (Lipinski definition) is 6. The lowest BCUT2D eigenvalue weighted by Gasteiger charge is -2.22. The number of methoxy groups -OCH3 is 1. The van der Waals surface area contributed by atoms with Gasteiger partial charge in [0.1, 0.15) is 17.2 Å². The average molecular weight is 491 g/mol. The number of nitrogens with one attached hydrogen (secondary N) is 1. The van der Waals surface area contributed by atoms with Gasteiger partial charge in [0.05, 0.1) is 29.8 Å². The smallest absolute Gasteiger partial charge is 0.255 e. The van der Waals surface area contributed by atoms with Gasteiger partial charge in [0.2, 0.25) is 5.91 Å². The summed E-state index contributed by atoms with van der Waals surface area (Å²) in [5.74, 6) is 4.51. The number of fused-ring (bicyclic) bond motifs is 1. The molecule has 3 aromatic rings. The summed E-state index contributed by atoms with van der Waals surface area (Å²) in [6, 6.07) is 4.32. The number of anilines is 1. The van der Waals surface area contributed by atoms with Gasteiger partial charge in [-0.2, -0.15) is 5.10 Å². The van der Waals surface area contributed by atoms with Gasteiger partial charge in [-0.15, -0.1) is 0 Å². The largest absolute Gasteiger partial charge is 0.383 e. The first-order chi connectivity index (χ1) is 17.3. The SMILES string of the molecule is C=CC(=O)N1C[C@@H](n2nc(C#Cc3cc4ncc(C)cc4cc3F)c(C(N)=O)c2NC)C[C@@H]1COC. The Morgan fingerprint density at radius 1 is 1.36 bits per heavy atom. The predicted molar refractivity (Wildman–Crippen MR) is 134 cm³/mol. The highest BCUT2D eigenvalue weighted by Gasteiger charge is 2.37. The van der Waals surface area contributed by atoms with Crippen LogP contribution in [0.15, 0.2) is 37.1 Å². The topological polar surface area (TPSA) is 115 Å². The first-order valence-corrected chi connectivity index (χ1v) is 11.4. The fourth-order valence-electron chi connectivity index (χ4n) is 4.55. The van der Waals surface area contributed by atoms with Crippen molar-refractivity contribution in [2.24, 2.45) is 5.73 Å². The molecular formula is C26H27FN6O3. The van der Waals surface area contributed by atoms with Crippen LogP contribution < -0.4 is 11.1 Å². The summed E-state index contributed by atoms with van der Waals surface area (Å²) in [4.78, 5) is 30.8. The number of rotatable bonds is 6. The second kappa shape index (κ2) is 10.2. The Morgan fingerprint density at radius 3 is 2.81 bits per heavy atom. The number of benzene rings is 1. The van der Waals surface area contributed by atoms with Crippen molar-refractivity contribution in [3.8, 4) is 11.8 Å². The van der Waals surface area contributed by atoms with Crippen molar-refractivity contribution >= 4 is 28.5 Å². The monoisotopic (exact) mass is 490 g/mol. The molecule has 1 aliphatic heterocycles. The molecule has 2 aromatic heterocycles. The van der Waals surface area contributed by atoms with E-state index in [0.717, 1.165) is 5.56 Å². The standard InChI is InChI=1S/C26H27FN6O3/c1-5-23(34)32-13-18(11-19(32)14-36-4)33-26(29-3)24(25(28)35)21(31-33)7-6-16-10-22-17(9-20(16)27)8-15(2)12-30-22/h5,8-10,12,18-19,29H,1,11,13-14H2,2-4H3,(H2,28,35)/t18-,19+/m0/s1. The maximum absolute atomic E-state index is 14.8. The van der Waals surface area contributed by atoms with E-state index in [2.05, 4.69) is 33.8 Å². The van der Waals surface area contributed by atoms with Crippen molar-refractivity contribution in [2.45, 2.75) is 25.4 Å². The Balaban J connectivity index is 1.75. The second-order valence-electron chi connectivity index (χ2n) is 8.61. The fraction of sp³-hybridized carbons (Fsp3) is 0.308. The molecule has 4 rings (SSSR count). The van der Waals surface area contributed by atoms with E-state index in [1.54, 1.807) is 36.0 Å². The molecule has 2 atom stereocenters. The van der Waals surface area contributed by atoms with Crippen molar-refractivity contribution in [1.82, 2.24) is 19.7 Å². The number of carbonyl (C=O) groups excluding carboxylic acids is 2.